The van der Waals surface area contributed by atoms with Crippen molar-refractivity contribution in [1.82, 2.24) is 0 Å². The number of methoxy groups -OCH3 is 2. The lowest BCUT2D eigenvalue weighted by Gasteiger charge is -2.84. The first-order chi connectivity index (χ1) is 56.5. The van der Waals surface area contributed by atoms with Gasteiger partial charge in [0.2, 0.25) is 0 Å². The predicted molar refractivity (Wildman–Crippen MR) is 470 cm³/mol. The van der Waals surface area contributed by atoms with Crippen LogP contribution in [0.25, 0.3) is 302 Å². The lowest BCUT2D eigenvalue weighted by atomic mass is 9.19. The van der Waals surface area contributed by atoms with Gasteiger partial charge in [-0.15, -0.1) is 0 Å². The van der Waals surface area contributed by atoms with Crippen LogP contribution in [0, 0.1) is 80.8 Å². The molecule has 3 heteroatoms. The van der Waals surface area contributed by atoms with E-state index in [1.54, 1.807) is 324 Å². The molecule has 31 aromatic carbocycles. The fourth-order valence-corrected chi connectivity index (χ4v) is 47.2. The second-order valence-corrected chi connectivity index (χ2v) is 46.7. The highest BCUT2D eigenvalue weighted by Crippen LogP contribution is 2.99. The summed E-state index contributed by atoms with van der Waals surface area (Å²) in [7, 11) is 8.62. The maximum Gasteiger partial charge on any atom is 0.130 e. The highest BCUT2D eigenvalue weighted by molar-refractivity contribution is 6.82. The van der Waals surface area contributed by atoms with Crippen molar-refractivity contribution >= 4 is 307 Å². The Morgan fingerprint density at radius 1 is 0.252 bits per heavy atom. The molecule has 2 spiro atoms. The summed E-state index contributed by atoms with van der Waals surface area (Å²) in [6.45, 7) is 11.6. The first-order valence-corrected chi connectivity index (χ1v) is 45.5. The largest absolute Gasteiger partial charge is 0.496 e. The summed E-state index contributed by atoms with van der Waals surface area (Å²) in [5.74, 6) is 13.6. The molecule has 17 aliphatic carbocycles. The molecule has 31 aromatic rings. The van der Waals surface area contributed by atoms with Crippen molar-refractivity contribution < 1.29 is 9.47 Å². The van der Waals surface area contributed by atoms with Crippen molar-refractivity contribution in [3.8, 4) is 11.5 Å². The Labute approximate surface area is 647 Å². The highest BCUT2D eigenvalue weighted by Gasteiger charge is 2.92. The Balaban J connectivity index is 0.540. The molecule has 0 N–H and O–H groups in total. The molecule has 0 radical (unpaired) electrons. The van der Waals surface area contributed by atoms with Gasteiger partial charge in [-0.3, -0.25) is 0 Å². The van der Waals surface area contributed by atoms with Gasteiger partial charge in [-0.1, -0.05) is 44.9 Å². The van der Waals surface area contributed by atoms with Gasteiger partial charge in [-0.05, 0) is 515 Å². The topological polar surface area (TPSA) is 21.7 Å². The van der Waals surface area contributed by atoms with Gasteiger partial charge in [-0.2, -0.15) is 0 Å². The van der Waals surface area contributed by atoms with Gasteiger partial charge in [0.25, 0.3) is 0 Å². The number of rotatable bonds is 3. The van der Waals surface area contributed by atoms with E-state index in [1.807, 2.05) is 33.4 Å². The maximum absolute atomic E-state index is 7.20. The van der Waals surface area contributed by atoms with Crippen LogP contribution in [0.4, 0.5) is 5.69 Å². The summed E-state index contributed by atoms with van der Waals surface area (Å²) in [6, 6.07) is 13.2. The molecule has 0 aromatic heterocycles. The number of fused-ring (bicyclic) bond motifs is 42. The number of benzene rings is 21. The number of hydrogen-bond donors (Lipinski definition) is 0. The third kappa shape index (κ3) is 3.01. The molecule has 0 saturated heterocycles. The molecule has 0 heterocycles. The molecule has 0 amide bonds. The number of nitrogens with zero attached hydrogens (tertiary/aromatic N) is 1. The number of hydrogen-bond acceptors (Lipinski definition) is 3. The molecular weight excluding hydrogens is 1390 g/mol. The fourth-order valence-electron chi connectivity index (χ4n) is 47.2. The van der Waals surface area contributed by atoms with Gasteiger partial charge in [0, 0.05) is 52.5 Å². The molecule has 8 saturated carbocycles. The normalized spacial score (nSPS) is 38.6. The summed E-state index contributed by atoms with van der Waals surface area (Å²) >= 11 is 0. The van der Waals surface area contributed by atoms with Crippen LogP contribution in [0.1, 0.15) is 157 Å². The number of allylic oxidation sites excluding steroid dienone is 2. The van der Waals surface area contributed by atoms with Gasteiger partial charge < -0.3 is 14.4 Å². The van der Waals surface area contributed by atoms with Crippen LogP contribution in [0.15, 0.2) is 41.5 Å². The molecule has 3 nitrogen and oxygen atoms in total. The molecule has 20 atom stereocenters. The summed E-state index contributed by atoms with van der Waals surface area (Å²) in [4.78, 5) is 2.34. The van der Waals surface area contributed by atoms with Crippen molar-refractivity contribution in [2.75, 3.05) is 33.2 Å². The van der Waals surface area contributed by atoms with E-state index in [1.165, 1.54) is 66.5 Å². The average molecular weight is 1450 g/mol. The van der Waals surface area contributed by atoms with E-state index >= 15 is 0 Å². The van der Waals surface area contributed by atoms with Crippen molar-refractivity contribution in [3.63, 3.8) is 0 Å². The van der Waals surface area contributed by atoms with Crippen molar-refractivity contribution in [2.24, 2.45) is 80.8 Å². The predicted octanol–water partition coefficient (Wildman–Crippen LogP) is 27.4. The zero-order valence-corrected chi connectivity index (χ0v) is 64.1. The third-order valence-electron chi connectivity index (χ3n) is 47.6. The molecule has 8 unspecified atom stereocenters. The zero-order valence-electron chi connectivity index (χ0n) is 64.1. The molecular formula is C112H57NO2. The molecule has 8 fully saturated rings. The lowest BCUT2D eigenvalue weighted by Crippen LogP contribution is -2.80. The van der Waals surface area contributed by atoms with Crippen molar-refractivity contribution in [1.29, 1.82) is 0 Å². The molecule has 48 rings (SSSR count). The van der Waals surface area contributed by atoms with Gasteiger partial charge in [0.15, 0.2) is 0 Å². The molecule has 522 valence electrons. The van der Waals surface area contributed by atoms with E-state index in [-0.39, 0.29) is 21.7 Å². The maximum atomic E-state index is 7.20. The van der Waals surface area contributed by atoms with Crippen LogP contribution in [-0.4, -0.2) is 28.3 Å². The quantitative estimate of drug-likeness (QED) is 0.1000. The Kier molecular flexibility index (Phi) is 5.11. The van der Waals surface area contributed by atoms with Crippen LogP contribution in [0.5, 0.6) is 11.5 Å². The van der Waals surface area contributed by atoms with E-state index < -0.39 is 0 Å². The minimum absolute atomic E-state index is 0.209. The second kappa shape index (κ2) is 11.9. The van der Waals surface area contributed by atoms with E-state index in [0.717, 1.165) is 47.3 Å². The number of ether oxygens (including phenoxy) is 2. The monoisotopic (exact) mass is 1450 g/mol. The smallest absolute Gasteiger partial charge is 0.130 e. The molecule has 8 bridgehead atoms. The summed E-state index contributed by atoms with van der Waals surface area (Å²) in [5, 5.41) is 95.7. The van der Waals surface area contributed by atoms with E-state index in [2.05, 4.69) is 91.2 Å². The van der Waals surface area contributed by atoms with Gasteiger partial charge >= 0.3 is 0 Å². The average Bonchev–Trinajstić information content (AvgIpc) is 1.40. The summed E-state index contributed by atoms with van der Waals surface area (Å²) in [5.41, 5.74) is 23.9. The molecule has 17 aliphatic rings. The second-order valence-electron chi connectivity index (χ2n) is 46.7. The molecule has 115 heavy (non-hydrogen) atoms. The lowest BCUT2D eigenvalue weighted by molar-refractivity contribution is -0.355. The van der Waals surface area contributed by atoms with Gasteiger partial charge in [0.1, 0.15) is 11.5 Å². The summed E-state index contributed by atoms with van der Waals surface area (Å²) < 4.78 is 14.4. The Morgan fingerprint density at radius 3 is 0.713 bits per heavy atom. The Bertz CT molecular complexity index is 9790. The zero-order chi connectivity index (χ0) is 71.0. The van der Waals surface area contributed by atoms with Crippen LogP contribution in [-0.2, 0) is 10.8 Å². The molecule has 0 aliphatic heterocycles. The number of anilines is 1. The Hall–Kier alpha value is -10.5. The van der Waals surface area contributed by atoms with E-state index in [0.29, 0.717) is 58.2 Å². The first kappa shape index (κ1) is 49.4. The minimum atomic E-state index is -0.209. The fraction of sp³-hybridized carbons (Fsp3) is 0.321. The SMILES string of the molecule is COc1c2c(c(OC)c3cc4c(cc13)[C@@H]1C[C@H]4C3C1[C@@]1(C)C4C([C@H]5C[C@@H]4c4cc(N(C)C)ccc45)[C@@]31C)[C@@H]1C[C@H]2C2C1[C@@]1(C)C3C([C@H]4C[C@@H]3C3=C4CC45c6c7c8c9c%10c%11c(c%12c%13c4c4c6c6c%14c7c7c8c8c%10c%10c%15c%11c%11c%12c%12c%13c%13c4c4c6c6c%14c%14c7c7c8c%10c8c%10c%15c%11c%11c%12c%12c%13c4c4c6c6c%14c7c8c7c%10c%11c%12c4c67)C95C3)[C@@]21C. The van der Waals surface area contributed by atoms with Crippen LogP contribution in [0.3, 0.4) is 0 Å². The van der Waals surface area contributed by atoms with Gasteiger partial charge in [-0.25, -0.2) is 0 Å². The minimum Gasteiger partial charge on any atom is -0.496 e. The van der Waals surface area contributed by atoms with Crippen molar-refractivity contribution in [3.05, 3.63) is 97.1 Å². The van der Waals surface area contributed by atoms with Crippen LogP contribution >= 0.6 is 0 Å². The Morgan fingerprint density at radius 2 is 0.461 bits per heavy atom. The highest BCUT2D eigenvalue weighted by atomic mass is 16.5. The third-order valence-corrected chi connectivity index (χ3v) is 47.6. The van der Waals surface area contributed by atoms with Crippen LogP contribution in [0.2, 0.25) is 0 Å². The van der Waals surface area contributed by atoms with E-state index in [4.69, 9.17) is 9.47 Å². The summed E-state index contributed by atoms with van der Waals surface area (Å²) in [6.07, 6.45) is 7.88. The first-order valence-electron chi connectivity index (χ1n) is 45.5. The van der Waals surface area contributed by atoms with E-state index in [9.17, 15) is 0 Å². The van der Waals surface area contributed by atoms with Gasteiger partial charge in [0.05, 0.1) is 14.2 Å². The van der Waals surface area contributed by atoms with Crippen LogP contribution < -0.4 is 14.4 Å². The van der Waals surface area contributed by atoms with Crippen molar-refractivity contribution in [2.45, 2.75) is 113 Å². The standard InChI is InChI=1S/C112H57NO2/c1-107-93-25-14-26(22-11-20(113(5)6)9-10-21(22)25)94(93)108(107,2)96-28-15-27(95(96)107)23-12-31-32(13-24(23)28)106(115-8)38-34-17-33(37(38)105(31)114-7)99-100(34)110(4)98-30-16-29(97(98)109(99,110)3)35-18-111-101-85-77-67-57-49-41-39-40-43-47-45(41)53-61-55(47)65-59-51(43)52-44(40)48-46-42(39)50(49)58-64-54(46)62-56(48)66-60(52)70-69(59)79-73(65)83-75(61)81(71(77)63(53)57)89(101)91(83)103-87(79)88-80(70)74(66)84-76(62)82-72(64)78(68(58)67)86(85)102(111)90(82)92(84)104(88)112(103,111)19-36(30)35/h9-13,25-30,33-34,93-100H,14-19H2,1-8H3/t25-,26+,27+,28-,29+,30-,33-,34+,93?,94?,95?,96?,97?,98?,99?,100?,107-,108+,109+,110-,111?,112?/m0/s1.